The summed E-state index contributed by atoms with van der Waals surface area (Å²) in [6.07, 6.45) is 14.7. The van der Waals surface area contributed by atoms with Crippen LogP contribution in [0.2, 0.25) is 5.02 Å². The smallest absolute Gasteiger partial charge is 0.0817 e. The zero-order valence-electron chi connectivity index (χ0n) is 20.0. The first kappa shape index (κ1) is 27.3. The van der Waals surface area contributed by atoms with Gasteiger partial charge in [0.2, 0.25) is 0 Å². The van der Waals surface area contributed by atoms with Crippen LogP contribution in [0.15, 0.2) is 58.3 Å². The lowest BCUT2D eigenvalue weighted by Gasteiger charge is -2.30. The van der Waals surface area contributed by atoms with Crippen molar-refractivity contribution in [1.82, 2.24) is 0 Å². The SMILES string of the molecule is CCCCCCCCCC[N+](C)(C)CCC=C1c2ccccc2Sc2ccc(Cl)cc21.[Cl-]. The highest BCUT2D eigenvalue weighted by atomic mass is 35.5. The van der Waals surface area contributed by atoms with Gasteiger partial charge in [-0.3, -0.25) is 0 Å². The van der Waals surface area contributed by atoms with E-state index in [2.05, 4.69) is 63.5 Å². The number of hydrogen-bond acceptors (Lipinski definition) is 1. The molecule has 0 N–H and O–H groups in total. The first-order valence-corrected chi connectivity index (χ1v) is 13.3. The molecule has 3 rings (SSSR count). The highest BCUT2D eigenvalue weighted by Gasteiger charge is 2.21. The average Bonchev–Trinajstić information content (AvgIpc) is 2.75. The van der Waals surface area contributed by atoms with Crippen LogP contribution < -0.4 is 12.4 Å². The summed E-state index contributed by atoms with van der Waals surface area (Å²) in [6.45, 7) is 4.73. The number of benzene rings is 2. The third-order valence-electron chi connectivity index (χ3n) is 6.33. The number of nitrogens with zero attached hydrogens (tertiary/aromatic N) is 1. The van der Waals surface area contributed by atoms with Crippen LogP contribution in [-0.4, -0.2) is 31.7 Å². The Labute approximate surface area is 211 Å². The number of hydrogen-bond donors (Lipinski definition) is 0. The quantitative estimate of drug-likeness (QED) is 0.226. The number of halogens is 2. The minimum atomic E-state index is 0. The predicted molar refractivity (Wildman–Crippen MR) is 138 cm³/mol. The number of quaternary nitrogens is 1. The van der Waals surface area contributed by atoms with E-state index in [9.17, 15) is 0 Å². The van der Waals surface area contributed by atoms with Gasteiger partial charge in [0.1, 0.15) is 0 Å². The summed E-state index contributed by atoms with van der Waals surface area (Å²) in [6, 6.07) is 15.1. The molecule has 0 atom stereocenters. The molecule has 0 aromatic heterocycles. The highest BCUT2D eigenvalue weighted by molar-refractivity contribution is 7.99. The van der Waals surface area contributed by atoms with E-state index in [0.29, 0.717) is 0 Å². The van der Waals surface area contributed by atoms with E-state index >= 15 is 0 Å². The predicted octanol–water partition coefficient (Wildman–Crippen LogP) is 5.85. The van der Waals surface area contributed by atoms with Gasteiger partial charge in [-0.2, -0.15) is 0 Å². The zero-order valence-corrected chi connectivity index (χ0v) is 22.3. The molecule has 0 aliphatic carbocycles. The second-order valence-electron chi connectivity index (χ2n) is 9.50. The average molecular weight is 493 g/mol. The summed E-state index contributed by atoms with van der Waals surface area (Å²) in [5, 5.41) is 0.815. The lowest BCUT2D eigenvalue weighted by molar-refractivity contribution is -0.890. The first-order chi connectivity index (χ1) is 15.0. The topological polar surface area (TPSA) is 0 Å². The largest absolute Gasteiger partial charge is 1.00 e. The van der Waals surface area contributed by atoms with Gasteiger partial charge in [0.05, 0.1) is 27.2 Å². The molecule has 0 bridgehead atoms. The Balaban J connectivity index is 0.00000363. The molecule has 176 valence electrons. The minimum Gasteiger partial charge on any atom is -1.00 e. The van der Waals surface area contributed by atoms with Crippen LogP contribution in [0, 0.1) is 0 Å². The normalized spacial score (nSPS) is 14.1. The summed E-state index contributed by atoms with van der Waals surface area (Å²) in [5.74, 6) is 0. The second kappa shape index (κ2) is 13.7. The minimum absolute atomic E-state index is 0. The fraction of sp³-hybridized carbons (Fsp3) is 0.500. The maximum atomic E-state index is 6.35. The Hall–Kier alpha value is -0.930. The highest BCUT2D eigenvalue weighted by Crippen LogP contribution is 2.46. The fourth-order valence-electron chi connectivity index (χ4n) is 4.41. The standard InChI is InChI=1S/C28H39ClNS.ClH/c1-4-5-6-7-8-9-10-13-20-30(2,3)21-14-16-24-25-15-11-12-17-27(25)31-28-19-18-23(29)22-26(24)28;/h11-12,15-19,22H,4-10,13-14,20-21H2,1-3H3;1H/q+1;/p-1. The van der Waals surface area contributed by atoms with Crippen LogP contribution in [0.5, 0.6) is 0 Å². The fourth-order valence-corrected chi connectivity index (χ4v) is 5.67. The van der Waals surface area contributed by atoms with Gasteiger partial charge >= 0.3 is 0 Å². The molecule has 0 saturated heterocycles. The van der Waals surface area contributed by atoms with Gasteiger partial charge < -0.3 is 16.9 Å². The summed E-state index contributed by atoms with van der Waals surface area (Å²) in [4.78, 5) is 2.65. The van der Waals surface area contributed by atoms with E-state index < -0.39 is 0 Å². The van der Waals surface area contributed by atoms with E-state index in [1.54, 1.807) is 0 Å². The summed E-state index contributed by atoms with van der Waals surface area (Å²) >= 11 is 8.21. The van der Waals surface area contributed by atoms with Gasteiger partial charge in [0, 0.05) is 21.2 Å². The second-order valence-corrected chi connectivity index (χ2v) is 11.0. The molecule has 0 amide bonds. The van der Waals surface area contributed by atoms with Crippen molar-refractivity contribution < 1.29 is 16.9 Å². The summed E-state index contributed by atoms with van der Waals surface area (Å²) in [7, 11) is 4.77. The molecule has 0 unspecified atom stereocenters. The van der Waals surface area contributed by atoms with Crippen molar-refractivity contribution in [3.63, 3.8) is 0 Å². The Morgan fingerprint density at radius 2 is 1.47 bits per heavy atom. The molecule has 1 nitrogen and oxygen atoms in total. The molecule has 1 heterocycles. The van der Waals surface area contributed by atoms with Crippen molar-refractivity contribution in [3.05, 3.63) is 64.7 Å². The molecule has 2 aromatic rings. The number of fused-ring (bicyclic) bond motifs is 2. The molecule has 1 aliphatic heterocycles. The van der Waals surface area contributed by atoms with Crippen LogP contribution in [0.4, 0.5) is 0 Å². The molecule has 0 fully saturated rings. The van der Waals surface area contributed by atoms with Crippen molar-refractivity contribution in [2.75, 3.05) is 27.2 Å². The van der Waals surface area contributed by atoms with Gasteiger partial charge in [-0.15, -0.1) is 0 Å². The van der Waals surface area contributed by atoms with Crippen LogP contribution in [0.25, 0.3) is 5.57 Å². The third-order valence-corrected chi connectivity index (χ3v) is 7.72. The Morgan fingerprint density at radius 3 is 2.22 bits per heavy atom. The molecular weight excluding hydrogens is 453 g/mol. The van der Waals surface area contributed by atoms with Crippen molar-refractivity contribution in [2.45, 2.75) is 74.5 Å². The molecule has 0 radical (unpaired) electrons. The Kier molecular flexibility index (Phi) is 11.7. The van der Waals surface area contributed by atoms with Crippen molar-refractivity contribution in [3.8, 4) is 0 Å². The molecule has 1 aliphatic rings. The van der Waals surface area contributed by atoms with Crippen molar-refractivity contribution in [1.29, 1.82) is 0 Å². The van der Waals surface area contributed by atoms with E-state index in [1.807, 2.05) is 17.8 Å². The van der Waals surface area contributed by atoms with Crippen LogP contribution >= 0.6 is 23.4 Å². The first-order valence-electron chi connectivity index (χ1n) is 12.1. The van der Waals surface area contributed by atoms with Gasteiger partial charge in [0.25, 0.3) is 0 Å². The van der Waals surface area contributed by atoms with E-state index in [0.717, 1.165) is 15.9 Å². The summed E-state index contributed by atoms with van der Waals surface area (Å²) < 4.78 is 1.10. The molecule has 32 heavy (non-hydrogen) atoms. The molecule has 4 heteroatoms. The van der Waals surface area contributed by atoms with Crippen LogP contribution in [-0.2, 0) is 0 Å². The maximum Gasteiger partial charge on any atom is 0.0817 e. The van der Waals surface area contributed by atoms with Gasteiger partial charge in [-0.05, 0) is 53.8 Å². The van der Waals surface area contributed by atoms with Crippen LogP contribution in [0.3, 0.4) is 0 Å². The van der Waals surface area contributed by atoms with Gasteiger partial charge in [-0.25, -0.2) is 0 Å². The molecule has 2 aromatic carbocycles. The Bertz CT molecular complexity index is 875. The number of unbranched alkanes of at least 4 members (excludes halogenated alkanes) is 7. The third kappa shape index (κ3) is 8.13. The Morgan fingerprint density at radius 1 is 0.812 bits per heavy atom. The monoisotopic (exact) mass is 491 g/mol. The van der Waals surface area contributed by atoms with Crippen LogP contribution in [0.1, 0.15) is 75.8 Å². The van der Waals surface area contributed by atoms with Gasteiger partial charge in [-0.1, -0.05) is 93.1 Å². The maximum absolute atomic E-state index is 6.35. The van der Waals surface area contributed by atoms with E-state index in [-0.39, 0.29) is 12.4 Å². The van der Waals surface area contributed by atoms with Gasteiger partial charge in [0.15, 0.2) is 0 Å². The molecular formula is C28H39Cl2NS. The molecule has 0 saturated carbocycles. The van der Waals surface area contributed by atoms with Crippen molar-refractivity contribution in [2.24, 2.45) is 0 Å². The lowest BCUT2D eigenvalue weighted by Crippen LogP contribution is -3.00. The lowest BCUT2D eigenvalue weighted by atomic mass is 9.96. The molecule has 0 spiro atoms. The summed E-state index contributed by atoms with van der Waals surface area (Å²) in [5.41, 5.74) is 3.97. The number of rotatable bonds is 12. The van der Waals surface area contributed by atoms with E-state index in [4.69, 9.17) is 11.6 Å². The van der Waals surface area contributed by atoms with E-state index in [1.165, 1.54) is 90.9 Å². The van der Waals surface area contributed by atoms with Crippen molar-refractivity contribution >= 4 is 28.9 Å². The zero-order chi connectivity index (χ0) is 22.1.